The van der Waals surface area contributed by atoms with Gasteiger partial charge in [-0.25, -0.2) is 0 Å². The molecule has 0 aliphatic heterocycles. The SMILES string of the molecule is [c]1ccc(-c2cccc3c2[nH]c2ccccc23)s1. The molecular formula is C16H10NS. The van der Waals surface area contributed by atoms with E-state index in [0.29, 0.717) is 0 Å². The van der Waals surface area contributed by atoms with E-state index in [1.165, 1.54) is 32.2 Å². The summed E-state index contributed by atoms with van der Waals surface area (Å²) in [6, 6.07) is 19.0. The maximum absolute atomic E-state index is 3.53. The van der Waals surface area contributed by atoms with E-state index in [1.807, 2.05) is 6.07 Å². The van der Waals surface area contributed by atoms with E-state index in [2.05, 4.69) is 58.9 Å². The second-order valence-corrected chi connectivity index (χ2v) is 5.20. The monoisotopic (exact) mass is 248 g/mol. The minimum absolute atomic E-state index is 1.19. The van der Waals surface area contributed by atoms with Gasteiger partial charge in [-0.05, 0) is 18.2 Å². The van der Waals surface area contributed by atoms with Gasteiger partial charge in [0.1, 0.15) is 0 Å². The molecule has 0 unspecified atom stereocenters. The summed E-state index contributed by atoms with van der Waals surface area (Å²) in [6.45, 7) is 0. The predicted octanol–water partition coefficient (Wildman–Crippen LogP) is 4.85. The lowest BCUT2D eigenvalue weighted by Crippen LogP contribution is -1.75. The van der Waals surface area contributed by atoms with Crippen molar-refractivity contribution in [1.82, 2.24) is 4.98 Å². The number of benzene rings is 2. The molecular weight excluding hydrogens is 238 g/mol. The number of para-hydroxylation sites is 2. The number of aromatic amines is 1. The van der Waals surface area contributed by atoms with Crippen LogP contribution >= 0.6 is 11.3 Å². The highest BCUT2D eigenvalue weighted by atomic mass is 32.1. The fraction of sp³-hybridized carbons (Fsp3) is 0. The summed E-state index contributed by atoms with van der Waals surface area (Å²) in [6.07, 6.45) is 0. The van der Waals surface area contributed by atoms with Crippen LogP contribution in [0.5, 0.6) is 0 Å². The summed E-state index contributed by atoms with van der Waals surface area (Å²) in [5.41, 5.74) is 3.67. The fourth-order valence-corrected chi connectivity index (χ4v) is 3.14. The molecule has 2 heterocycles. The van der Waals surface area contributed by atoms with Crippen molar-refractivity contribution in [1.29, 1.82) is 0 Å². The molecule has 1 radical (unpaired) electrons. The minimum Gasteiger partial charge on any atom is -0.354 e. The van der Waals surface area contributed by atoms with Crippen LogP contribution < -0.4 is 0 Å². The van der Waals surface area contributed by atoms with E-state index < -0.39 is 0 Å². The van der Waals surface area contributed by atoms with E-state index in [4.69, 9.17) is 0 Å². The summed E-state index contributed by atoms with van der Waals surface area (Å²) in [4.78, 5) is 4.78. The van der Waals surface area contributed by atoms with Gasteiger partial charge in [0, 0.05) is 32.1 Å². The van der Waals surface area contributed by atoms with E-state index in [0.717, 1.165) is 0 Å². The maximum atomic E-state index is 3.53. The van der Waals surface area contributed by atoms with Crippen LogP contribution in [-0.2, 0) is 0 Å². The molecule has 0 saturated heterocycles. The summed E-state index contributed by atoms with van der Waals surface area (Å²) >= 11 is 1.66. The molecule has 2 aromatic carbocycles. The third-order valence-corrected chi connectivity index (χ3v) is 4.11. The molecule has 0 bridgehead atoms. The third kappa shape index (κ3) is 1.33. The average Bonchev–Trinajstić information content (AvgIpc) is 3.05. The van der Waals surface area contributed by atoms with Crippen LogP contribution in [0.15, 0.2) is 54.6 Å². The Morgan fingerprint density at radius 2 is 1.78 bits per heavy atom. The van der Waals surface area contributed by atoms with Crippen LogP contribution in [0.2, 0.25) is 0 Å². The van der Waals surface area contributed by atoms with Crippen molar-refractivity contribution < 1.29 is 0 Å². The molecule has 0 aliphatic carbocycles. The van der Waals surface area contributed by atoms with E-state index in [9.17, 15) is 0 Å². The molecule has 1 N–H and O–H groups in total. The van der Waals surface area contributed by atoms with Crippen LogP contribution in [-0.4, -0.2) is 4.98 Å². The van der Waals surface area contributed by atoms with Crippen molar-refractivity contribution in [3.63, 3.8) is 0 Å². The highest BCUT2D eigenvalue weighted by molar-refractivity contribution is 7.13. The number of hydrogen-bond acceptors (Lipinski definition) is 1. The number of aromatic nitrogens is 1. The second-order valence-electron chi connectivity index (χ2n) is 4.32. The van der Waals surface area contributed by atoms with Crippen molar-refractivity contribution in [3.8, 4) is 10.4 Å². The molecule has 0 fully saturated rings. The zero-order valence-corrected chi connectivity index (χ0v) is 10.4. The van der Waals surface area contributed by atoms with Crippen LogP contribution in [0.25, 0.3) is 32.2 Å². The second kappa shape index (κ2) is 3.72. The average molecular weight is 248 g/mol. The first-order valence-corrected chi connectivity index (χ1v) is 6.71. The Bertz CT molecular complexity index is 825. The first-order valence-electron chi connectivity index (χ1n) is 5.89. The highest BCUT2D eigenvalue weighted by Gasteiger charge is 2.09. The number of nitrogens with one attached hydrogen (secondary N) is 1. The first kappa shape index (κ1) is 9.92. The largest absolute Gasteiger partial charge is 0.354 e. The molecule has 0 amide bonds. The van der Waals surface area contributed by atoms with Gasteiger partial charge in [-0.1, -0.05) is 36.4 Å². The normalized spacial score (nSPS) is 11.3. The third-order valence-electron chi connectivity index (χ3n) is 3.28. The quantitative estimate of drug-likeness (QED) is 0.495. The van der Waals surface area contributed by atoms with Crippen molar-refractivity contribution in [2.24, 2.45) is 0 Å². The molecule has 2 aromatic heterocycles. The Morgan fingerprint density at radius 1 is 0.889 bits per heavy atom. The molecule has 18 heavy (non-hydrogen) atoms. The van der Waals surface area contributed by atoms with Gasteiger partial charge < -0.3 is 4.98 Å². The van der Waals surface area contributed by atoms with Gasteiger partial charge in [0.05, 0.1) is 5.52 Å². The lowest BCUT2D eigenvalue weighted by atomic mass is 10.1. The van der Waals surface area contributed by atoms with Crippen molar-refractivity contribution in [2.75, 3.05) is 0 Å². The lowest BCUT2D eigenvalue weighted by molar-refractivity contribution is 1.55. The topological polar surface area (TPSA) is 15.8 Å². The Labute approximate surface area is 109 Å². The molecule has 85 valence electrons. The van der Waals surface area contributed by atoms with Crippen molar-refractivity contribution in [2.45, 2.75) is 0 Å². The van der Waals surface area contributed by atoms with Crippen LogP contribution in [0.1, 0.15) is 0 Å². The Hall–Kier alpha value is -2.06. The molecule has 0 aliphatic rings. The van der Waals surface area contributed by atoms with Gasteiger partial charge in [-0.2, -0.15) is 0 Å². The number of H-pyrrole nitrogens is 1. The van der Waals surface area contributed by atoms with Crippen LogP contribution in [0.3, 0.4) is 0 Å². The summed E-state index contributed by atoms with van der Waals surface area (Å²) in [5.74, 6) is 0. The van der Waals surface area contributed by atoms with E-state index in [1.54, 1.807) is 11.3 Å². The Kier molecular flexibility index (Phi) is 2.05. The minimum atomic E-state index is 1.19. The molecule has 0 atom stereocenters. The number of thiophene rings is 1. The van der Waals surface area contributed by atoms with Gasteiger partial charge in [-0.15, -0.1) is 11.3 Å². The van der Waals surface area contributed by atoms with Crippen LogP contribution in [0.4, 0.5) is 0 Å². The summed E-state index contributed by atoms with van der Waals surface area (Å²) in [5, 5.41) is 5.73. The molecule has 0 spiro atoms. The zero-order valence-electron chi connectivity index (χ0n) is 9.60. The Morgan fingerprint density at radius 3 is 2.67 bits per heavy atom. The van der Waals surface area contributed by atoms with Gasteiger partial charge in [0.2, 0.25) is 0 Å². The number of hydrogen-bond donors (Lipinski definition) is 1. The Balaban J connectivity index is 2.17. The standard InChI is InChI=1S/C16H10NS/c1-2-8-14-11(5-1)12-6-3-7-13(16(12)17-14)15-9-4-10-18-15/h1-9,17H. The lowest BCUT2D eigenvalue weighted by Gasteiger charge is -1.99. The molecule has 1 nitrogen and oxygen atoms in total. The zero-order chi connectivity index (χ0) is 11.9. The number of rotatable bonds is 1. The van der Waals surface area contributed by atoms with E-state index in [-0.39, 0.29) is 0 Å². The van der Waals surface area contributed by atoms with Crippen molar-refractivity contribution in [3.05, 3.63) is 60.0 Å². The van der Waals surface area contributed by atoms with Crippen LogP contribution in [0, 0.1) is 5.38 Å². The van der Waals surface area contributed by atoms with Gasteiger partial charge in [0.25, 0.3) is 0 Å². The molecule has 2 heteroatoms. The molecule has 0 saturated carbocycles. The predicted molar refractivity (Wildman–Crippen MR) is 78.0 cm³/mol. The molecule has 4 rings (SSSR count). The molecule has 4 aromatic rings. The number of fused-ring (bicyclic) bond motifs is 3. The highest BCUT2D eigenvalue weighted by Crippen LogP contribution is 2.34. The fourth-order valence-electron chi connectivity index (χ4n) is 2.46. The first-order chi connectivity index (χ1) is 8.93. The maximum Gasteiger partial charge on any atom is 0.0552 e. The smallest absolute Gasteiger partial charge is 0.0552 e. The summed E-state index contributed by atoms with van der Waals surface area (Å²) in [7, 11) is 0. The van der Waals surface area contributed by atoms with Gasteiger partial charge in [0.15, 0.2) is 0 Å². The van der Waals surface area contributed by atoms with Gasteiger partial charge >= 0.3 is 0 Å². The summed E-state index contributed by atoms with van der Waals surface area (Å²) < 4.78 is 0. The van der Waals surface area contributed by atoms with E-state index >= 15 is 0 Å². The van der Waals surface area contributed by atoms with Gasteiger partial charge in [-0.3, -0.25) is 0 Å². The van der Waals surface area contributed by atoms with Crippen molar-refractivity contribution >= 4 is 33.1 Å².